The summed E-state index contributed by atoms with van der Waals surface area (Å²) in [6, 6.07) is 14.2. The third kappa shape index (κ3) is 7.21. The zero-order chi connectivity index (χ0) is 21.8. The highest BCUT2D eigenvalue weighted by Crippen LogP contribution is 2.16. The molecule has 2 rings (SSSR count). The van der Waals surface area contributed by atoms with Gasteiger partial charge in [0.15, 0.2) is 0 Å². The molecule has 0 saturated heterocycles. The number of amides is 2. The Bertz CT molecular complexity index is 779. The monoisotopic (exact) mass is 410 g/mol. The van der Waals surface area contributed by atoms with Gasteiger partial charge in [-0.05, 0) is 67.8 Å². The number of hydrogen-bond acceptors (Lipinski definition) is 3. The third-order valence-electron chi connectivity index (χ3n) is 4.80. The molecule has 0 atom stereocenters. The van der Waals surface area contributed by atoms with Gasteiger partial charge in [-0.15, -0.1) is 0 Å². The lowest BCUT2D eigenvalue weighted by Gasteiger charge is -2.21. The lowest BCUT2D eigenvalue weighted by Crippen LogP contribution is -2.32. The van der Waals surface area contributed by atoms with Crippen LogP contribution in [0.4, 0.5) is 5.69 Å². The molecule has 0 radical (unpaired) electrons. The predicted molar refractivity (Wildman–Crippen MR) is 122 cm³/mol. The predicted octanol–water partition coefficient (Wildman–Crippen LogP) is 5.77. The first-order valence-electron chi connectivity index (χ1n) is 11.0. The van der Waals surface area contributed by atoms with Crippen LogP contribution in [0.25, 0.3) is 0 Å². The van der Waals surface area contributed by atoms with Crippen LogP contribution in [-0.2, 0) is 0 Å². The molecule has 2 aromatic carbocycles. The van der Waals surface area contributed by atoms with Crippen molar-refractivity contribution in [2.45, 2.75) is 52.9 Å². The maximum absolute atomic E-state index is 12.6. The molecular weight excluding hydrogens is 376 g/mol. The molecule has 0 bridgehead atoms. The molecule has 0 aliphatic carbocycles. The van der Waals surface area contributed by atoms with Crippen molar-refractivity contribution in [3.05, 3.63) is 59.7 Å². The summed E-state index contributed by atoms with van der Waals surface area (Å²) >= 11 is 0. The Morgan fingerprint density at radius 3 is 1.97 bits per heavy atom. The average Bonchev–Trinajstić information content (AvgIpc) is 2.77. The first-order chi connectivity index (χ1) is 14.6. The van der Waals surface area contributed by atoms with E-state index in [1.165, 1.54) is 0 Å². The fourth-order valence-electron chi connectivity index (χ4n) is 3.18. The molecule has 5 nitrogen and oxygen atoms in total. The molecule has 0 fully saturated rings. The fourth-order valence-corrected chi connectivity index (χ4v) is 3.18. The van der Waals surface area contributed by atoms with Crippen LogP contribution in [0.5, 0.6) is 5.75 Å². The Morgan fingerprint density at radius 2 is 1.40 bits per heavy atom. The van der Waals surface area contributed by atoms with Crippen molar-refractivity contribution in [3.63, 3.8) is 0 Å². The minimum absolute atomic E-state index is 0.0334. The number of nitrogens with one attached hydrogen (secondary N) is 1. The SMILES string of the molecule is CCCCCOc1ccc(C(=O)Nc2ccc(C(=O)N(CCC)CCC)cc2)cc1. The second-order valence-electron chi connectivity index (χ2n) is 7.40. The lowest BCUT2D eigenvalue weighted by atomic mass is 10.1. The summed E-state index contributed by atoms with van der Waals surface area (Å²) in [5.41, 5.74) is 1.86. The lowest BCUT2D eigenvalue weighted by molar-refractivity contribution is 0.0755. The average molecular weight is 411 g/mol. The first kappa shape index (κ1) is 23.5. The van der Waals surface area contributed by atoms with E-state index in [4.69, 9.17) is 4.74 Å². The molecule has 1 N–H and O–H groups in total. The molecule has 0 aliphatic heterocycles. The van der Waals surface area contributed by atoms with Gasteiger partial charge in [0.25, 0.3) is 11.8 Å². The van der Waals surface area contributed by atoms with Gasteiger partial charge in [-0.3, -0.25) is 9.59 Å². The van der Waals surface area contributed by atoms with Crippen molar-refractivity contribution in [2.75, 3.05) is 25.0 Å². The van der Waals surface area contributed by atoms with Crippen LogP contribution >= 0.6 is 0 Å². The van der Waals surface area contributed by atoms with Crippen LogP contribution < -0.4 is 10.1 Å². The summed E-state index contributed by atoms with van der Waals surface area (Å²) in [6.45, 7) is 8.50. The van der Waals surface area contributed by atoms with Gasteiger partial charge in [-0.2, -0.15) is 0 Å². The fraction of sp³-hybridized carbons (Fsp3) is 0.440. The van der Waals surface area contributed by atoms with E-state index in [9.17, 15) is 9.59 Å². The zero-order valence-electron chi connectivity index (χ0n) is 18.4. The van der Waals surface area contributed by atoms with E-state index in [1.54, 1.807) is 36.4 Å². The van der Waals surface area contributed by atoms with E-state index >= 15 is 0 Å². The number of ether oxygens (including phenoxy) is 1. The molecule has 162 valence electrons. The van der Waals surface area contributed by atoms with Crippen LogP contribution in [0.15, 0.2) is 48.5 Å². The van der Waals surface area contributed by atoms with Gasteiger partial charge in [-0.25, -0.2) is 0 Å². The van der Waals surface area contributed by atoms with Crippen molar-refractivity contribution < 1.29 is 14.3 Å². The maximum atomic E-state index is 12.6. The Hall–Kier alpha value is -2.82. The number of hydrogen-bond donors (Lipinski definition) is 1. The summed E-state index contributed by atoms with van der Waals surface area (Å²) in [7, 11) is 0. The molecule has 5 heteroatoms. The summed E-state index contributed by atoms with van der Waals surface area (Å²) in [6.07, 6.45) is 5.21. The molecule has 0 aromatic heterocycles. The molecule has 0 aliphatic rings. The van der Waals surface area contributed by atoms with Gasteiger partial charge >= 0.3 is 0 Å². The highest BCUT2D eigenvalue weighted by Gasteiger charge is 2.14. The van der Waals surface area contributed by atoms with Crippen LogP contribution in [0.1, 0.15) is 73.6 Å². The topological polar surface area (TPSA) is 58.6 Å². The molecule has 0 unspecified atom stereocenters. The van der Waals surface area contributed by atoms with Crippen LogP contribution in [0.3, 0.4) is 0 Å². The van der Waals surface area contributed by atoms with E-state index in [0.29, 0.717) is 23.4 Å². The van der Waals surface area contributed by atoms with Crippen molar-refractivity contribution >= 4 is 17.5 Å². The van der Waals surface area contributed by atoms with Gasteiger partial charge < -0.3 is 15.0 Å². The van der Waals surface area contributed by atoms with Gasteiger partial charge in [0, 0.05) is 29.9 Å². The van der Waals surface area contributed by atoms with Crippen molar-refractivity contribution in [1.29, 1.82) is 0 Å². The van der Waals surface area contributed by atoms with Crippen molar-refractivity contribution in [2.24, 2.45) is 0 Å². The second-order valence-corrected chi connectivity index (χ2v) is 7.40. The summed E-state index contributed by atoms with van der Waals surface area (Å²) in [5, 5.41) is 2.88. The Kier molecular flexibility index (Phi) is 9.92. The standard InChI is InChI=1S/C25H34N2O3/c1-4-7-8-19-30-23-15-11-20(12-16-23)24(28)26-22-13-9-21(10-14-22)25(29)27(17-5-2)18-6-3/h9-16H,4-8,17-19H2,1-3H3,(H,26,28). The van der Waals surface area contributed by atoms with E-state index in [-0.39, 0.29) is 11.8 Å². The largest absolute Gasteiger partial charge is 0.494 e. The first-order valence-corrected chi connectivity index (χ1v) is 11.0. The molecule has 2 aromatic rings. The van der Waals surface area contributed by atoms with Crippen molar-refractivity contribution in [3.8, 4) is 5.75 Å². The number of unbranched alkanes of at least 4 members (excludes halogenated alkanes) is 2. The van der Waals surface area contributed by atoms with E-state index in [1.807, 2.05) is 17.0 Å². The smallest absolute Gasteiger partial charge is 0.255 e. The Labute approximate surface area is 180 Å². The van der Waals surface area contributed by atoms with Crippen LogP contribution in [0.2, 0.25) is 0 Å². The minimum Gasteiger partial charge on any atom is -0.494 e. The molecule has 2 amide bonds. The van der Waals surface area contributed by atoms with Gasteiger partial charge in [-0.1, -0.05) is 33.6 Å². The quantitative estimate of drug-likeness (QED) is 0.452. The molecular formula is C25H34N2O3. The zero-order valence-corrected chi connectivity index (χ0v) is 18.4. The van der Waals surface area contributed by atoms with Crippen LogP contribution in [0, 0.1) is 0 Å². The van der Waals surface area contributed by atoms with E-state index < -0.39 is 0 Å². The number of carbonyl (C=O) groups is 2. The molecule has 0 saturated carbocycles. The number of anilines is 1. The molecule has 30 heavy (non-hydrogen) atoms. The number of rotatable bonds is 12. The molecule has 0 heterocycles. The van der Waals surface area contributed by atoms with E-state index in [0.717, 1.165) is 50.9 Å². The van der Waals surface area contributed by atoms with Crippen LogP contribution in [-0.4, -0.2) is 36.4 Å². The number of nitrogens with zero attached hydrogens (tertiary/aromatic N) is 1. The maximum Gasteiger partial charge on any atom is 0.255 e. The normalized spacial score (nSPS) is 10.5. The third-order valence-corrected chi connectivity index (χ3v) is 4.80. The van der Waals surface area contributed by atoms with Gasteiger partial charge in [0.05, 0.1) is 6.61 Å². The molecule has 0 spiro atoms. The minimum atomic E-state index is -0.190. The number of carbonyl (C=O) groups excluding carboxylic acids is 2. The second kappa shape index (κ2) is 12.7. The summed E-state index contributed by atoms with van der Waals surface area (Å²) < 4.78 is 5.68. The van der Waals surface area contributed by atoms with Crippen molar-refractivity contribution in [1.82, 2.24) is 4.90 Å². The summed E-state index contributed by atoms with van der Waals surface area (Å²) in [4.78, 5) is 27.0. The summed E-state index contributed by atoms with van der Waals surface area (Å²) in [5.74, 6) is 0.616. The Balaban J connectivity index is 1.93. The van der Waals surface area contributed by atoms with Gasteiger partial charge in [0.2, 0.25) is 0 Å². The van der Waals surface area contributed by atoms with E-state index in [2.05, 4.69) is 26.1 Å². The highest BCUT2D eigenvalue weighted by atomic mass is 16.5. The van der Waals surface area contributed by atoms with Gasteiger partial charge in [0.1, 0.15) is 5.75 Å². The number of benzene rings is 2. The highest BCUT2D eigenvalue weighted by molar-refractivity contribution is 6.04. The Morgan fingerprint density at radius 1 is 0.800 bits per heavy atom.